The van der Waals surface area contributed by atoms with Gasteiger partial charge in [-0.1, -0.05) is 11.8 Å². The molecule has 1 amide bonds. The molecule has 0 aromatic carbocycles. The number of hydrogen-bond donors (Lipinski definition) is 2. The number of rotatable bonds is 3. The molecule has 6 heteroatoms. The molecule has 2 rings (SSSR count). The van der Waals surface area contributed by atoms with E-state index in [1.165, 1.54) is 23.7 Å². The molecule has 2 aromatic heterocycles. The number of carbonyl (C=O) groups excluding carboxylic acids is 1. The number of hydrogen-bond acceptors (Lipinski definition) is 5. The summed E-state index contributed by atoms with van der Waals surface area (Å²) in [7, 11) is 0. The molecule has 0 unspecified atom stereocenters. The normalized spacial score (nSPS) is 9.53. The third-order valence-corrected chi connectivity index (χ3v) is 3.05. The van der Waals surface area contributed by atoms with Crippen molar-refractivity contribution < 1.29 is 9.90 Å². The Kier molecular flexibility index (Phi) is 4.61. The molecule has 2 N–H and O–H groups in total. The number of nitrogens with one attached hydrogen (secondary N) is 1. The van der Waals surface area contributed by atoms with Crippen LogP contribution in [-0.2, 0) is 6.54 Å². The zero-order valence-corrected chi connectivity index (χ0v) is 10.8. The molecule has 0 fully saturated rings. The van der Waals surface area contributed by atoms with Crippen LogP contribution >= 0.6 is 11.3 Å². The largest absolute Gasteiger partial charge is 0.384 e. The van der Waals surface area contributed by atoms with Crippen molar-refractivity contribution in [3.05, 3.63) is 46.2 Å². The fourth-order valence-corrected chi connectivity index (χ4v) is 1.95. The summed E-state index contributed by atoms with van der Waals surface area (Å²) < 4.78 is 0. The second kappa shape index (κ2) is 6.64. The molecule has 2 heterocycles. The number of aliphatic hydroxyl groups excluding tert-OH is 1. The van der Waals surface area contributed by atoms with Crippen molar-refractivity contribution in [3.8, 4) is 11.8 Å². The number of thiazole rings is 1. The molecule has 0 aliphatic carbocycles. The third kappa shape index (κ3) is 3.61. The van der Waals surface area contributed by atoms with Crippen molar-refractivity contribution in [1.82, 2.24) is 15.3 Å². The van der Waals surface area contributed by atoms with Gasteiger partial charge in [-0.3, -0.25) is 14.8 Å². The Morgan fingerprint density at radius 1 is 1.42 bits per heavy atom. The summed E-state index contributed by atoms with van der Waals surface area (Å²) >= 11 is 1.48. The van der Waals surface area contributed by atoms with Crippen molar-refractivity contribution in [1.29, 1.82) is 0 Å². The minimum Gasteiger partial charge on any atom is -0.384 e. The Morgan fingerprint density at radius 2 is 2.32 bits per heavy atom. The lowest BCUT2D eigenvalue weighted by Crippen LogP contribution is -2.23. The Labute approximate surface area is 114 Å². The number of aliphatic hydroxyl groups is 1. The summed E-state index contributed by atoms with van der Waals surface area (Å²) in [5.41, 5.74) is 2.66. The van der Waals surface area contributed by atoms with Crippen LogP contribution in [0.25, 0.3) is 0 Å². The van der Waals surface area contributed by atoms with Gasteiger partial charge in [0.2, 0.25) is 0 Å². The standard InChI is InChI=1S/C13H11N3O2S/c17-5-1-2-10-6-14-4-3-12(10)13(18)16-8-11-7-15-9-19-11/h3-4,6-7,9,17H,5,8H2,(H,16,18). The zero-order valence-electron chi connectivity index (χ0n) is 9.96. The second-order valence-corrected chi connectivity index (χ2v) is 4.50. The maximum absolute atomic E-state index is 12.0. The first-order chi connectivity index (χ1) is 9.31. The van der Waals surface area contributed by atoms with E-state index in [1.807, 2.05) is 0 Å². The lowest BCUT2D eigenvalue weighted by molar-refractivity contribution is 0.0951. The summed E-state index contributed by atoms with van der Waals surface area (Å²) in [5, 5.41) is 11.5. The van der Waals surface area contributed by atoms with E-state index in [-0.39, 0.29) is 12.5 Å². The smallest absolute Gasteiger partial charge is 0.252 e. The van der Waals surface area contributed by atoms with E-state index in [4.69, 9.17) is 5.11 Å². The fourth-order valence-electron chi connectivity index (χ4n) is 1.42. The molecular formula is C13H11N3O2S. The molecule has 0 aliphatic heterocycles. The Bertz CT molecular complexity index is 614. The van der Waals surface area contributed by atoms with E-state index >= 15 is 0 Å². The molecule has 0 bridgehead atoms. The van der Waals surface area contributed by atoms with Gasteiger partial charge < -0.3 is 10.4 Å². The summed E-state index contributed by atoms with van der Waals surface area (Å²) in [5.74, 6) is 4.99. The third-order valence-electron chi connectivity index (χ3n) is 2.27. The topological polar surface area (TPSA) is 75.1 Å². The Balaban J connectivity index is 2.10. The quantitative estimate of drug-likeness (QED) is 0.812. The van der Waals surface area contributed by atoms with Crippen molar-refractivity contribution in [3.63, 3.8) is 0 Å². The Morgan fingerprint density at radius 3 is 3.05 bits per heavy atom. The summed E-state index contributed by atoms with van der Waals surface area (Å²) in [6.45, 7) is 0.176. The second-order valence-electron chi connectivity index (χ2n) is 3.53. The van der Waals surface area contributed by atoms with Gasteiger partial charge in [0.1, 0.15) is 6.61 Å². The molecule has 0 atom stereocenters. The lowest BCUT2D eigenvalue weighted by Gasteiger charge is -2.05. The van der Waals surface area contributed by atoms with Crippen LogP contribution in [0.5, 0.6) is 0 Å². The van der Waals surface area contributed by atoms with Gasteiger partial charge in [-0.25, -0.2) is 0 Å². The minimum atomic E-state index is -0.253. The average Bonchev–Trinajstić information content (AvgIpc) is 2.96. The monoisotopic (exact) mass is 273 g/mol. The van der Waals surface area contributed by atoms with Crippen molar-refractivity contribution in [2.75, 3.05) is 6.61 Å². The highest BCUT2D eigenvalue weighted by molar-refractivity contribution is 7.09. The fraction of sp³-hybridized carbons (Fsp3) is 0.154. The molecule has 0 spiro atoms. The Hall–Kier alpha value is -2.23. The number of aromatic nitrogens is 2. The zero-order chi connectivity index (χ0) is 13.5. The maximum atomic E-state index is 12.0. The predicted octanol–water partition coefficient (Wildman–Crippen LogP) is 0.812. The first kappa shape index (κ1) is 13.2. The van der Waals surface area contributed by atoms with Crippen LogP contribution in [0, 0.1) is 11.8 Å². The van der Waals surface area contributed by atoms with Crippen LogP contribution in [0.1, 0.15) is 20.8 Å². The molecule has 0 saturated carbocycles. The van der Waals surface area contributed by atoms with Crippen molar-refractivity contribution in [2.24, 2.45) is 0 Å². The molecule has 0 radical (unpaired) electrons. The van der Waals surface area contributed by atoms with Gasteiger partial charge in [0, 0.05) is 23.5 Å². The molecule has 19 heavy (non-hydrogen) atoms. The van der Waals surface area contributed by atoms with E-state index in [0.717, 1.165) is 4.88 Å². The SMILES string of the molecule is O=C(NCc1cncs1)c1ccncc1C#CCO. The summed E-state index contributed by atoms with van der Waals surface area (Å²) in [6.07, 6.45) is 4.75. The molecule has 5 nitrogen and oxygen atoms in total. The molecule has 0 saturated heterocycles. The van der Waals surface area contributed by atoms with Crippen LogP contribution in [0.3, 0.4) is 0 Å². The molecular weight excluding hydrogens is 262 g/mol. The minimum absolute atomic E-state index is 0.224. The highest BCUT2D eigenvalue weighted by Gasteiger charge is 2.09. The van der Waals surface area contributed by atoms with Crippen LogP contribution in [-0.4, -0.2) is 27.6 Å². The average molecular weight is 273 g/mol. The number of carbonyl (C=O) groups is 1. The lowest BCUT2D eigenvalue weighted by atomic mass is 10.1. The van der Waals surface area contributed by atoms with Crippen LogP contribution in [0.2, 0.25) is 0 Å². The van der Waals surface area contributed by atoms with E-state index in [1.54, 1.807) is 17.8 Å². The maximum Gasteiger partial charge on any atom is 0.252 e. The van der Waals surface area contributed by atoms with Crippen molar-refractivity contribution >= 4 is 17.2 Å². The summed E-state index contributed by atoms with van der Waals surface area (Å²) in [6, 6.07) is 1.60. The van der Waals surface area contributed by atoms with Crippen LogP contribution < -0.4 is 5.32 Å². The molecule has 0 aliphatic rings. The number of amides is 1. The van der Waals surface area contributed by atoms with Gasteiger partial charge in [-0.15, -0.1) is 11.3 Å². The van der Waals surface area contributed by atoms with E-state index in [9.17, 15) is 4.79 Å². The highest BCUT2D eigenvalue weighted by Crippen LogP contribution is 2.08. The van der Waals surface area contributed by atoms with Gasteiger partial charge in [-0.2, -0.15) is 0 Å². The first-order valence-electron chi connectivity index (χ1n) is 5.50. The summed E-state index contributed by atoms with van der Waals surface area (Å²) in [4.78, 5) is 20.9. The van der Waals surface area contributed by atoms with Gasteiger partial charge in [0.15, 0.2) is 0 Å². The highest BCUT2D eigenvalue weighted by atomic mass is 32.1. The number of pyridine rings is 1. The van der Waals surface area contributed by atoms with Gasteiger partial charge in [-0.05, 0) is 6.07 Å². The van der Waals surface area contributed by atoms with Gasteiger partial charge in [0.25, 0.3) is 5.91 Å². The van der Waals surface area contributed by atoms with E-state index in [2.05, 4.69) is 27.1 Å². The van der Waals surface area contributed by atoms with E-state index < -0.39 is 0 Å². The van der Waals surface area contributed by atoms with E-state index in [0.29, 0.717) is 17.7 Å². The molecule has 96 valence electrons. The molecule has 2 aromatic rings. The first-order valence-corrected chi connectivity index (χ1v) is 6.38. The van der Waals surface area contributed by atoms with Crippen molar-refractivity contribution in [2.45, 2.75) is 6.54 Å². The van der Waals surface area contributed by atoms with Gasteiger partial charge >= 0.3 is 0 Å². The van der Waals surface area contributed by atoms with Crippen LogP contribution in [0.4, 0.5) is 0 Å². The number of nitrogens with zero attached hydrogens (tertiary/aromatic N) is 2. The van der Waals surface area contributed by atoms with Crippen LogP contribution in [0.15, 0.2) is 30.2 Å². The predicted molar refractivity (Wildman–Crippen MR) is 71.5 cm³/mol. The van der Waals surface area contributed by atoms with Gasteiger partial charge in [0.05, 0.1) is 23.2 Å².